The molecule has 0 aromatic rings. The molecule has 0 aliphatic heterocycles. The fourth-order valence-electron chi connectivity index (χ4n) is 1.96. The van der Waals surface area contributed by atoms with Crippen LogP contribution in [0.2, 0.25) is 0 Å². The van der Waals surface area contributed by atoms with Crippen LogP contribution >= 0.6 is 0 Å². The zero-order valence-corrected chi connectivity index (χ0v) is 8.42. The van der Waals surface area contributed by atoms with Gasteiger partial charge in [0.05, 0.1) is 0 Å². The zero-order valence-electron chi connectivity index (χ0n) is 8.42. The quantitative estimate of drug-likeness (QED) is 0.702. The second-order valence-corrected chi connectivity index (χ2v) is 4.09. The van der Waals surface area contributed by atoms with Crippen molar-refractivity contribution in [1.29, 1.82) is 0 Å². The lowest BCUT2D eigenvalue weighted by Gasteiger charge is -2.31. The number of rotatable bonds is 3. The van der Waals surface area contributed by atoms with E-state index in [0.29, 0.717) is 12.0 Å². The summed E-state index contributed by atoms with van der Waals surface area (Å²) in [5, 5.41) is 11.9. The van der Waals surface area contributed by atoms with Crippen LogP contribution in [0.3, 0.4) is 0 Å². The van der Waals surface area contributed by atoms with E-state index >= 15 is 0 Å². The first-order valence-corrected chi connectivity index (χ1v) is 5.10. The summed E-state index contributed by atoms with van der Waals surface area (Å²) in [7, 11) is 0. The van der Waals surface area contributed by atoms with E-state index in [-0.39, 0.29) is 0 Å². The minimum atomic E-state index is -0.752. The van der Waals surface area contributed by atoms with Crippen LogP contribution in [0.15, 0.2) is 0 Å². The Kier molecular flexibility index (Phi) is 3.72. The van der Waals surface area contributed by atoms with Crippen molar-refractivity contribution < 1.29 is 9.90 Å². The van der Waals surface area contributed by atoms with E-state index in [1.165, 1.54) is 19.3 Å². The Labute approximate surface area is 79.5 Å². The molecule has 1 aliphatic carbocycles. The van der Waals surface area contributed by atoms with E-state index in [1.807, 2.05) is 0 Å². The minimum absolute atomic E-state index is 0.403. The third-order valence-corrected chi connectivity index (χ3v) is 2.95. The highest BCUT2D eigenvalue weighted by molar-refractivity contribution is 5.72. The third-order valence-electron chi connectivity index (χ3n) is 2.95. The fraction of sp³-hybridized carbons (Fsp3) is 0.900. The predicted molar refractivity (Wildman–Crippen MR) is 51.7 cm³/mol. The molecule has 0 bridgehead atoms. The van der Waals surface area contributed by atoms with Crippen LogP contribution in [-0.2, 0) is 4.79 Å². The molecule has 13 heavy (non-hydrogen) atoms. The zero-order chi connectivity index (χ0) is 9.84. The number of carboxylic acid groups (broad SMARTS) is 1. The molecule has 0 aromatic heterocycles. The summed E-state index contributed by atoms with van der Waals surface area (Å²) in [6.45, 7) is 3.91. The number of carbonyl (C=O) groups is 1. The van der Waals surface area contributed by atoms with Gasteiger partial charge in [-0.25, -0.2) is 0 Å². The Morgan fingerprint density at radius 1 is 1.46 bits per heavy atom. The Hall–Kier alpha value is -0.570. The lowest BCUT2D eigenvalue weighted by atomic mass is 9.85. The third kappa shape index (κ3) is 2.99. The summed E-state index contributed by atoms with van der Waals surface area (Å²) in [4.78, 5) is 10.6. The van der Waals surface area contributed by atoms with Crippen LogP contribution in [0, 0.1) is 5.92 Å². The molecule has 0 unspecified atom stereocenters. The molecule has 3 atom stereocenters. The minimum Gasteiger partial charge on any atom is -0.480 e. The van der Waals surface area contributed by atoms with E-state index in [1.54, 1.807) is 6.92 Å². The van der Waals surface area contributed by atoms with Crippen LogP contribution in [0.5, 0.6) is 0 Å². The number of hydrogen-bond donors (Lipinski definition) is 2. The molecule has 0 spiro atoms. The molecule has 76 valence electrons. The molecule has 0 radical (unpaired) electrons. The highest BCUT2D eigenvalue weighted by Crippen LogP contribution is 2.23. The number of carboxylic acids is 1. The molecule has 1 saturated carbocycles. The van der Waals surface area contributed by atoms with Gasteiger partial charge in [0.15, 0.2) is 0 Å². The topological polar surface area (TPSA) is 49.3 Å². The van der Waals surface area contributed by atoms with Crippen molar-refractivity contribution in [3.8, 4) is 0 Å². The predicted octanol–water partition coefficient (Wildman–Crippen LogP) is 1.63. The van der Waals surface area contributed by atoms with Gasteiger partial charge in [-0.15, -0.1) is 0 Å². The molecular weight excluding hydrogens is 166 g/mol. The Morgan fingerprint density at radius 2 is 2.08 bits per heavy atom. The van der Waals surface area contributed by atoms with E-state index in [2.05, 4.69) is 12.2 Å². The van der Waals surface area contributed by atoms with E-state index in [4.69, 9.17) is 5.11 Å². The first-order chi connectivity index (χ1) is 6.11. The summed E-state index contributed by atoms with van der Waals surface area (Å²) in [6.07, 6.45) is 4.87. The average molecular weight is 185 g/mol. The molecule has 0 aromatic carbocycles. The molecule has 0 amide bonds. The van der Waals surface area contributed by atoms with Gasteiger partial charge in [0.25, 0.3) is 0 Å². The maximum absolute atomic E-state index is 10.6. The van der Waals surface area contributed by atoms with Crippen LogP contribution < -0.4 is 5.32 Å². The molecule has 1 rings (SSSR count). The fourth-order valence-corrected chi connectivity index (χ4v) is 1.96. The van der Waals surface area contributed by atoms with Gasteiger partial charge in [-0.3, -0.25) is 4.79 Å². The number of hydrogen-bond acceptors (Lipinski definition) is 2. The van der Waals surface area contributed by atoms with Gasteiger partial charge >= 0.3 is 5.97 Å². The van der Waals surface area contributed by atoms with Crippen molar-refractivity contribution in [2.45, 2.75) is 51.6 Å². The van der Waals surface area contributed by atoms with Crippen molar-refractivity contribution in [3.63, 3.8) is 0 Å². The Balaban J connectivity index is 2.37. The normalized spacial score (nSPS) is 31.2. The molecule has 1 fully saturated rings. The number of nitrogens with one attached hydrogen (secondary N) is 1. The van der Waals surface area contributed by atoms with Crippen LogP contribution in [0.25, 0.3) is 0 Å². The van der Waals surface area contributed by atoms with Crippen molar-refractivity contribution >= 4 is 5.97 Å². The summed E-state index contributed by atoms with van der Waals surface area (Å²) in [6, 6.07) is -0.00889. The van der Waals surface area contributed by atoms with Gasteiger partial charge < -0.3 is 10.4 Å². The lowest BCUT2D eigenvalue weighted by molar-refractivity contribution is -0.139. The van der Waals surface area contributed by atoms with Crippen LogP contribution in [0.4, 0.5) is 0 Å². The van der Waals surface area contributed by atoms with Crippen molar-refractivity contribution in [1.82, 2.24) is 5.32 Å². The van der Waals surface area contributed by atoms with Crippen molar-refractivity contribution in [2.75, 3.05) is 0 Å². The molecule has 1 aliphatic rings. The van der Waals surface area contributed by atoms with Crippen LogP contribution in [-0.4, -0.2) is 23.2 Å². The molecule has 0 saturated heterocycles. The summed E-state index contributed by atoms with van der Waals surface area (Å²) in [5.41, 5.74) is 0. The highest BCUT2D eigenvalue weighted by Gasteiger charge is 2.24. The standard InChI is InChI=1S/C10H19NO2/c1-7-5-3-4-6-9(7)11-8(2)10(12)13/h7-9,11H,3-6H2,1-2H3,(H,12,13)/t7-,8+,9+/m1/s1. The largest absolute Gasteiger partial charge is 0.480 e. The molecule has 3 heteroatoms. The summed E-state index contributed by atoms with van der Waals surface area (Å²) < 4.78 is 0. The Morgan fingerprint density at radius 3 is 2.62 bits per heavy atom. The summed E-state index contributed by atoms with van der Waals surface area (Å²) in [5.74, 6) is -0.131. The highest BCUT2D eigenvalue weighted by atomic mass is 16.4. The SMILES string of the molecule is C[C@H](N[C@H]1CCCC[C@H]1C)C(=O)O. The first-order valence-electron chi connectivity index (χ1n) is 5.10. The molecule has 2 N–H and O–H groups in total. The van der Waals surface area contributed by atoms with Gasteiger partial charge in [-0.05, 0) is 25.7 Å². The van der Waals surface area contributed by atoms with Crippen molar-refractivity contribution in [3.05, 3.63) is 0 Å². The summed E-state index contributed by atoms with van der Waals surface area (Å²) >= 11 is 0. The number of aliphatic carboxylic acids is 1. The maximum atomic E-state index is 10.6. The smallest absolute Gasteiger partial charge is 0.320 e. The van der Waals surface area contributed by atoms with Gasteiger partial charge in [0.1, 0.15) is 6.04 Å². The van der Waals surface area contributed by atoms with E-state index < -0.39 is 12.0 Å². The van der Waals surface area contributed by atoms with Gasteiger partial charge in [-0.1, -0.05) is 19.8 Å². The molecular formula is C10H19NO2. The Bertz CT molecular complexity index is 182. The van der Waals surface area contributed by atoms with Crippen LogP contribution in [0.1, 0.15) is 39.5 Å². The van der Waals surface area contributed by atoms with Gasteiger partial charge in [0.2, 0.25) is 0 Å². The second kappa shape index (κ2) is 4.61. The lowest BCUT2D eigenvalue weighted by Crippen LogP contribution is -2.45. The van der Waals surface area contributed by atoms with E-state index in [9.17, 15) is 4.79 Å². The first kappa shape index (κ1) is 10.5. The van der Waals surface area contributed by atoms with E-state index in [0.717, 1.165) is 6.42 Å². The monoisotopic (exact) mass is 185 g/mol. The molecule has 3 nitrogen and oxygen atoms in total. The molecule has 0 heterocycles. The average Bonchev–Trinajstić information content (AvgIpc) is 2.08. The maximum Gasteiger partial charge on any atom is 0.320 e. The van der Waals surface area contributed by atoms with Gasteiger partial charge in [0, 0.05) is 6.04 Å². The van der Waals surface area contributed by atoms with Gasteiger partial charge in [-0.2, -0.15) is 0 Å². The van der Waals surface area contributed by atoms with Crippen molar-refractivity contribution in [2.24, 2.45) is 5.92 Å². The second-order valence-electron chi connectivity index (χ2n) is 4.09.